The number of hydrogen-bond donors (Lipinski definition) is 1. The normalized spacial score (nSPS) is 11.1. The molecule has 0 aliphatic rings. The van der Waals surface area contributed by atoms with Gasteiger partial charge in [0, 0.05) is 6.20 Å². The van der Waals surface area contributed by atoms with E-state index in [1.54, 1.807) is 0 Å². The molecule has 0 bridgehead atoms. The minimum atomic E-state index is -3.69. The Kier molecular flexibility index (Phi) is 3.21. The molecule has 0 spiro atoms. The molecule has 8 heteroatoms. The Hall–Kier alpha value is -1.73. The van der Waals surface area contributed by atoms with Gasteiger partial charge in [-0.3, -0.25) is 4.72 Å². The summed E-state index contributed by atoms with van der Waals surface area (Å²) in [5.41, 5.74) is 0.278. The zero-order valence-corrected chi connectivity index (χ0v) is 9.98. The third kappa shape index (κ3) is 2.89. The van der Waals surface area contributed by atoms with Crippen molar-refractivity contribution >= 4 is 27.3 Å². The molecule has 6 nitrogen and oxygen atoms in total. The fourth-order valence-corrected chi connectivity index (χ4v) is 2.40. The Bertz CT molecular complexity index is 618. The molecule has 0 aliphatic heterocycles. The molecular weight excluding hydrogens is 264 g/mol. The van der Waals surface area contributed by atoms with Crippen molar-refractivity contribution in [2.45, 2.75) is 4.90 Å². The third-order valence-corrected chi connectivity index (χ3v) is 3.41. The summed E-state index contributed by atoms with van der Waals surface area (Å²) in [5, 5.41) is 0.109. The van der Waals surface area contributed by atoms with E-state index in [4.69, 9.17) is 11.6 Å². The molecule has 17 heavy (non-hydrogen) atoms. The van der Waals surface area contributed by atoms with Crippen LogP contribution in [0.1, 0.15) is 0 Å². The Morgan fingerprint density at radius 1 is 1.24 bits per heavy atom. The fourth-order valence-electron chi connectivity index (χ4n) is 1.12. The van der Waals surface area contributed by atoms with Crippen molar-refractivity contribution in [2.24, 2.45) is 0 Å². The van der Waals surface area contributed by atoms with Gasteiger partial charge in [0.05, 0.1) is 23.0 Å². The molecule has 0 saturated heterocycles. The molecule has 88 valence electrons. The van der Waals surface area contributed by atoms with Gasteiger partial charge in [0.15, 0.2) is 0 Å². The van der Waals surface area contributed by atoms with Gasteiger partial charge in [-0.15, -0.1) is 0 Å². The van der Waals surface area contributed by atoms with Gasteiger partial charge in [-0.25, -0.2) is 23.4 Å². The number of aromatic nitrogens is 3. The average molecular weight is 271 g/mol. The van der Waals surface area contributed by atoms with Gasteiger partial charge < -0.3 is 0 Å². The maximum atomic E-state index is 11.9. The van der Waals surface area contributed by atoms with Crippen LogP contribution in [0.5, 0.6) is 0 Å². The van der Waals surface area contributed by atoms with Crippen LogP contribution in [-0.4, -0.2) is 23.4 Å². The number of nitrogens with zero attached hydrogens (tertiary/aromatic N) is 3. The van der Waals surface area contributed by atoms with E-state index in [1.165, 1.54) is 37.1 Å². The SMILES string of the molecule is O=S(=O)(Nc1cncnc1)c1ccnc(Cl)c1. The van der Waals surface area contributed by atoms with Crippen molar-refractivity contribution in [1.29, 1.82) is 0 Å². The lowest BCUT2D eigenvalue weighted by Gasteiger charge is -2.06. The highest BCUT2D eigenvalue weighted by Gasteiger charge is 2.14. The van der Waals surface area contributed by atoms with Gasteiger partial charge in [0.1, 0.15) is 11.5 Å². The second-order valence-corrected chi connectivity index (χ2v) is 5.12. The lowest BCUT2D eigenvalue weighted by atomic mass is 10.5. The highest BCUT2D eigenvalue weighted by atomic mass is 35.5. The number of pyridine rings is 1. The summed E-state index contributed by atoms with van der Waals surface area (Å²) in [7, 11) is -3.69. The number of hydrogen-bond acceptors (Lipinski definition) is 5. The van der Waals surface area contributed by atoms with E-state index in [1.807, 2.05) is 0 Å². The predicted octanol–water partition coefficient (Wildman–Crippen LogP) is 1.33. The van der Waals surface area contributed by atoms with Gasteiger partial charge in [-0.05, 0) is 12.1 Å². The average Bonchev–Trinajstić information content (AvgIpc) is 2.30. The zero-order chi connectivity index (χ0) is 12.3. The van der Waals surface area contributed by atoms with Gasteiger partial charge in [-0.2, -0.15) is 0 Å². The van der Waals surface area contributed by atoms with Gasteiger partial charge in [0.2, 0.25) is 0 Å². The van der Waals surface area contributed by atoms with Crippen LogP contribution in [0.4, 0.5) is 5.69 Å². The highest BCUT2D eigenvalue weighted by molar-refractivity contribution is 7.92. The van der Waals surface area contributed by atoms with Gasteiger partial charge in [-0.1, -0.05) is 11.6 Å². The Balaban J connectivity index is 2.32. The maximum Gasteiger partial charge on any atom is 0.262 e. The fraction of sp³-hybridized carbons (Fsp3) is 0. The van der Waals surface area contributed by atoms with Crippen LogP contribution in [0, 0.1) is 0 Å². The van der Waals surface area contributed by atoms with Crippen molar-refractivity contribution in [2.75, 3.05) is 4.72 Å². The number of halogens is 1. The van der Waals surface area contributed by atoms with Gasteiger partial charge >= 0.3 is 0 Å². The first-order valence-corrected chi connectivity index (χ1v) is 6.33. The summed E-state index contributed by atoms with van der Waals surface area (Å²) in [4.78, 5) is 11.1. The minimum absolute atomic E-state index is 0.0290. The van der Waals surface area contributed by atoms with Crippen molar-refractivity contribution in [3.8, 4) is 0 Å². The van der Waals surface area contributed by atoms with E-state index in [0.29, 0.717) is 0 Å². The first-order valence-electron chi connectivity index (χ1n) is 4.47. The highest BCUT2D eigenvalue weighted by Crippen LogP contribution is 2.16. The van der Waals surface area contributed by atoms with E-state index in [0.717, 1.165) is 0 Å². The van der Waals surface area contributed by atoms with Crippen LogP contribution >= 0.6 is 11.6 Å². The molecule has 1 N–H and O–H groups in total. The Morgan fingerprint density at radius 2 is 1.94 bits per heavy atom. The molecule has 2 rings (SSSR count). The topological polar surface area (TPSA) is 84.8 Å². The van der Waals surface area contributed by atoms with Crippen LogP contribution in [-0.2, 0) is 10.0 Å². The Labute approximate surface area is 103 Å². The molecule has 0 unspecified atom stereocenters. The largest absolute Gasteiger partial charge is 0.276 e. The zero-order valence-electron chi connectivity index (χ0n) is 8.41. The van der Waals surface area contributed by atoms with Crippen LogP contribution in [0.15, 0.2) is 41.9 Å². The second-order valence-electron chi connectivity index (χ2n) is 3.05. The number of sulfonamides is 1. The van der Waals surface area contributed by atoms with Crippen LogP contribution in [0.2, 0.25) is 5.15 Å². The van der Waals surface area contributed by atoms with Crippen molar-refractivity contribution < 1.29 is 8.42 Å². The molecule has 0 atom stereocenters. The van der Waals surface area contributed by atoms with Crippen molar-refractivity contribution in [1.82, 2.24) is 15.0 Å². The molecule has 0 fully saturated rings. The van der Waals surface area contributed by atoms with E-state index in [-0.39, 0.29) is 15.7 Å². The summed E-state index contributed by atoms with van der Waals surface area (Å²) in [6.07, 6.45) is 5.33. The van der Waals surface area contributed by atoms with Crippen LogP contribution < -0.4 is 4.72 Å². The van der Waals surface area contributed by atoms with E-state index in [2.05, 4.69) is 19.7 Å². The monoisotopic (exact) mass is 270 g/mol. The molecule has 0 aliphatic carbocycles. The van der Waals surface area contributed by atoms with E-state index in [9.17, 15) is 8.42 Å². The smallest absolute Gasteiger partial charge is 0.262 e. The first-order chi connectivity index (χ1) is 8.08. The molecule has 0 aromatic carbocycles. The Morgan fingerprint density at radius 3 is 2.59 bits per heavy atom. The number of anilines is 1. The predicted molar refractivity (Wildman–Crippen MR) is 62.1 cm³/mol. The summed E-state index contributed by atoms with van der Waals surface area (Å²) < 4.78 is 26.1. The molecule has 0 amide bonds. The minimum Gasteiger partial charge on any atom is -0.276 e. The van der Waals surface area contributed by atoms with Crippen LogP contribution in [0.25, 0.3) is 0 Å². The van der Waals surface area contributed by atoms with Crippen LogP contribution in [0.3, 0.4) is 0 Å². The second kappa shape index (κ2) is 4.64. The summed E-state index contributed by atoms with van der Waals surface area (Å²) >= 11 is 5.63. The number of nitrogens with one attached hydrogen (secondary N) is 1. The van der Waals surface area contributed by atoms with E-state index >= 15 is 0 Å². The third-order valence-electron chi connectivity index (χ3n) is 1.82. The lowest BCUT2D eigenvalue weighted by molar-refractivity contribution is 0.601. The number of rotatable bonds is 3. The quantitative estimate of drug-likeness (QED) is 0.851. The molecule has 0 saturated carbocycles. The molecular formula is C9H7ClN4O2S. The maximum absolute atomic E-state index is 11.9. The van der Waals surface area contributed by atoms with Crippen molar-refractivity contribution in [3.05, 3.63) is 42.2 Å². The summed E-state index contributed by atoms with van der Waals surface area (Å²) in [6.45, 7) is 0. The first kappa shape index (κ1) is 11.7. The standard InChI is InChI=1S/C9H7ClN4O2S/c10-9-3-8(1-2-13-9)17(15,16)14-7-4-11-6-12-5-7/h1-6,14H. The summed E-state index contributed by atoms with van der Waals surface area (Å²) in [6, 6.07) is 2.60. The van der Waals surface area contributed by atoms with Crippen molar-refractivity contribution in [3.63, 3.8) is 0 Å². The lowest BCUT2D eigenvalue weighted by Crippen LogP contribution is -2.13. The van der Waals surface area contributed by atoms with E-state index < -0.39 is 10.0 Å². The van der Waals surface area contributed by atoms with Gasteiger partial charge in [0.25, 0.3) is 10.0 Å². The summed E-state index contributed by atoms with van der Waals surface area (Å²) in [5.74, 6) is 0. The molecule has 2 heterocycles. The molecule has 0 radical (unpaired) electrons. The molecule has 2 aromatic rings. The molecule has 2 aromatic heterocycles.